The Labute approximate surface area is 175 Å². The molecule has 0 bridgehead atoms. The van der Waals surface area contributed by atoms with Crippen LogP contribution in [0.25, 0.3) is 0 Å². The van der Waals surface area contributed by atoms with Crippen molar-refractivity contribution in [2.75, 3.05) is 10.6 Å². The Kier molecular flexibility index (Phi) is 4.96. The van der Waals surface area contributed by atoms with E-state index in [1.165, 1.54) is 0 Å². The van der Waals surface area contributed by atoms with Gasteiger partial charge in [-0.15, -0.1) is 0 Å². The Balaban J connectivity index is 1.55. The second kappa shape index (κ2) is 7.59. The number of anilines is 2. The molecule has 0 saturated carbocycles. The molecule has 0 heterocycles. The summed E-state index contributed by atoms with van der Waals surface area (Å²) in [5.41, 5.74) is 5.10. The van der Waals surface area contributed by atoms with Crippen LogP contribution in [0.5, 0.6) is 0 Å². The molecular weight excluding hydrogens is 376 g/mol. The van der Waals surface area contributed by atoms with E-state index in [1.54, 1.807) is 49.4 Å². The molecule has 3 aromatic rings. The van der Waals surface area contributed by atoms with Gasteiger partial charge in [-0.1, -0.05) is 36.4 Å². The molecular formula is C25H22N2O3. The number of hydrogen-bond acceptors (Lipinski definition) is 4. The summed E-state index contributed by atoms with van der Waals surface area (Å²) in [6.07, 6.45) is 0. The molecule has 3 aromatic carbocycles. The van der Waals surface area contributed by atoms with E-state index in [0.717, 1.165) is 16.8 Å². The van der Waals surface area contributed by atoms with Crippen molar-refractivity contribution in [2.45, 2.75) is 26.8 Å². The summed E-state index contributed by atoms with van der Waals surface area (Å²) >= 11 is 0. The smallest absolute Gasteiger partial charge is 0.246 e. The number of benzene rings is 3. The molecule has 2 N–H and O–H groups in total. The van der Waals surface area contributed by atoms with Crippen molar-refractivity contribution in [1.29, 1.82) is 0 Å². The van der Waals surface area contributed by atoms with Gasteiger partial charge in [0.2, 0.25) is 5.91 Å². The van der Waals surface area contributed by atoms with Gasteiger partial charge in [0.15, 0.2) is 11.6 Å². The Bertz CT molecular complexity index is 1200. The SMILES string of the molecule is Cc1cccc(N[C@H](C)C(=O)Nc2ccc3c(c2)C(=O)c2ccccc2C3=O)c1C. The molecule has 0 fully saturated rings. The van der Waals surface area contributed by atoms with Crippen LogP contribution in [0.2, 0.25) is 0 Å². The highest BCUT2D eigenvalue weighted by Gasteiger charge is 2.29. The van der Waals surface area contributed by atoms with Gasteiger partial charge >= 0.3 is 0 Å². The third-order valence-electron chi connectivity index (χ3n) is 5.56. The summed E-state index contributed by atoms with van der Waals surface area (Å²) in [7, 11) is 0. The zero-order valence-corrected chi connectivity index (χ0v) is 17.1. The molecule has 150 valence electrons. The Morgan fingerprint density at radius 3 is 2.13 bits per heavy atom. The first-order valence-corrected chi connectivity index (χ1v) is 9.83. The topological polar surface area (TPSA) is 75.3 Å². The van der Waals surface area contributed by atoms with Gasteiger partial charge in [-0.2, -0.15) is 0 Å². The van der Waals surface area contributed by atoms with E-state index in [-0.39, 0.29) is 17.5 Å². The lowest BCUT2D eigenvalue weighted by molar-refractivity contribution is -0.116. The fourth-order valence-corrected chi connectivity index (χ4v) is 3.63. The fraction of sp³-hybridized carbons (Fsp3) is 0.160. The van der Waals surface area contributed by atoms with Crippen LogP contribution >= 0.6 is 0 Å². The molecule has 5 nitrogen and oxygen atoms in total. The molecule has 0 aliphatic heterocycles. The average Bonchev–Trinajstić information content (AvgIpc) is 2.75. The third-order valence-corrected chi connectivity index (χ3v) is 5.56. The standard InChI is InChI=1S/C25H22N2O3/c1-14-7-6-10-22(15(14)2)26-16(3)25(30)27-17-11-12-20-21(13-17)24(29)19-9-5-4-8-18(19)23(20)28/h4-13,16,26H,1-3H3,(H,27,30)/t16-/m1/s1. The summed E-state index contributed by atoms with van der Waals surface area (Å²) < 4.78 is 0. The zero-order valence-electron chi connectivity index (χ0n) is 17.1. The quantitative estimate of drug-likeness (QED) is 0.530. The molecule has 0 radical (unpaired) electrons. The maximum absolute atomic E-state index is 12.9. The van der Waals surface area contributed by atoms with E-state index in [2.05, 4.69) is 10.6 Å². The van der Waals surface area contributed by atoms with Gasteiger partial charge in [0, 0.05) is 33.6 Å². The summed E-state index contributed by atoms with van der Waals surface area (Å²) in [4.78, 5) is 38.3. The largest absolute Gasteiger partial charge is 0.374 e. The predicted octanol–water partition coefficient (Wildman–Crippen LogP) is 4.52. The molecule has 1 aliphatic rings. The van der Waals surface area contributed by atoms with Gasteiger partial charge in [-0.05, 0) is 56.2 Å². The Morgan fingerprint density at radius 2 is 1.43 bits per heavy atom. The third kappa shape index (κ3) is 3.39. The van der Waals surface area contributed by atoms with E-state index in [4.69, 9.17) is 0 Å². The van der Waals surface area contributed by atoms with Gasteiger partial charge in [-0.25, -0.2) is 0 Å². The average molecular weight is 398 g/mol. The van der Waals surface area contributed by atoms with E-state index in [0.29, 0.717) is 27.9 Å². The lowest BCUT2D eigenvalue weighted by atomic mass is 9.84. The van der Waals surface area contributed by atoms with Gasteiger partial charge in [-0.3, -0.25) is 14.4 Å². The molecule has 30 heavy (non-hydrogen) atoms. The van der Waals surface area contributed by atoms with Gasteiger partial charge in [0.05, 0.1) is 0 Å². The first kappa shape index (κ1) is 19.6. The summed E-state index contributed by atoms with van der Waals surface area (Å²) in [5, 5.41) is 6.07. The molecule has 0 spiro atoms. The number of carbonyl (C=O) groups excluding carboxylic acids is 3. The molecule has 1 aliphatic carbocycles. The Morgan fingerprint density at radius 1 is 0.800 bits per heavy atom. The second-order valence-electron chi connectivity index (χ2n) is 7.57. The number of ketones is 2. The van der Waals surface area contributed by atoms with Crippen LogP contribution in [0.1, 0.15) is 49.9 Å². The molecule has 4 rings (SSSR count). The summed E-state index contributed by atoms with van der Waals surface area (Å²) in [6.45, 7) is 5.81. The molecule has 1 atom stereocenters. The minimum Gasteiger partial charge on any atom is -0.374 e. The number of carbonyl (C=O) groups is 3. The lowest BCUT2D eigenvalue weighted by Gasteiger charge is -2.20. The molecule has 5 heteroatoms. The van der Waals surface area contributed by atoms with Crippen molar-refractivity contribution in [3.63, 3.8) is 0 Å². The van der Waals surface area contributed by atoms with E-state index >= 15 is 0 Å². The second-order valence-corrected chi connectivity index (χ2v) is 7.57. The van der Waals surface area contributed by atoms with E-state index < -0.39 is 6.04 Å². The number of nitrogens with one attached hydrogen (secondary N) is 2. The minimum atomic E-state index is -0.486. The highest BCUT2D eigenvalue weighted by Crippen LogP contribution is 2.29. The number of amides is 1. The normalized spacial score (nSPS) is 13.3. The van der Waals surface area contributed by atoms with Crippen LogP contribution in [0.3, 0.4) is 0 Å². The summed E-state index contributed by atoms with van der Waals surface area (Å²) in [6, 6.07) is 17.0. The van der Waals surface area contributed by atoms with Crippen molar-refractivity contribution in [3.8, 4) is 0 Å². The lowest BCUT2D eigenvalue weighted by Crippen LogP contribution is -2.32. The molecule has 0 aromatic heterocycles. The maximum Gasteiger partial charge on any atom is 0.246 e. The van der Waals surface area contributed by atoms with Gasteiger partial charge < -0.3 is 10.6 Å². The van der Waals surface area contributed by atoms with Crippen molar-refractivity contribution in [2.24, 2.45) is 0 Å². The van der Waals surface area contributed by atoms with Crippen LogP contribution in [-0.4, -0.2) is 23.5 Å². The van der Waals surface area contributed by atoms with Crippen LogP contribution in [0.4, 0.5) is 11.4 Å². The van der Waals surface area contributed by atoms with Crippen molar-refractivity contribution in [1.82, 2.24) is 0 Å². The van der Waals surface area contributed by atoms with E-state index in [9.17, 15) is 14.4 Å². The Hall–Kier alpha value is -3.73. The van der Waals surface area contributed by atoms with Crippen LogP contribution in [0.15, 0.2) is 60.7 Å². The van der Waals surface area contributed by atoms with Crippen molar-refractivity contribution in [3.05, 3.63) is 94.0 Å². The molecule has 0 saturated heterocycles. The highest BCUT2D eigenvalue weighted by molar-refractivity contribution is 6.28. The summed E-state index contributed by atoms with van der Waals surface area (Å²) in [5.74, 6) is -0.619. The van der Waals surface area contributed by atoms with Crippen molar-refractivity contribution < 1.29 is 14.4 Å². The highest BCUT2D eigenvalue weighted by atomic mass is 16.2. The van der Waals surface area contributed by atoms with Crippen LogP contribution < -0.4 is 10.6 Å². The van der Waals surface area contributed by atoms with Gasteiger partial charge in [0.25, 0.3) is 0 Å². The predicted molar refractivity (Wildman–Crippen MR) is 117 cm³/mol. The van der Waals surface area contributed by atoms with Crippen LogP contribution in [-0.2, 0) is 4.79 Å². The maximum atomic E-state index is 12.9. The fourth-order valence-electron chi connectivity index (χ4n) is 3.63. The monoisotopic (exact) mass is 398 g/mol. The number of hydrogen-bond donors (Lipinski definition) is 2. The zero-order chi connectivity index (χ0) is 21.4. The number of rotatable bonds is 4. The van der Waals surface area contributed by atoms with Crippen molar-refractivity contribution >= 4 is 28.8 Å². The van der Waals surface area contributed by atoms with Gasteiger partial charge in [0.1, 0.15) is 6.04 Å². The number of fused-ring (bicyclic) bond motifs is 2. The van der Waals surface area contributed by atoms with E-state index in [1.807, 2.05) is 32.0 Å². The molecule has 0 unspecified atom stereocenters. The minimum absolute atomic E-state index is 0.178. The van der Waals surface area contributed by atoms with Crippen LogP contribution in [0, 0.1) is 13.8 Å². The first-order valence-electron chi connectivity index (χ1n) is 9.83. The first-order chi connectivity index (χ1) is 14.4. The molecule has 1 amide bonds. The number of aryl methyl sites for hydroxylation is 1.